The predicted molar refractivity (Wildman–Crippen MR) is 217 cm³/mol. The molecular weight excluding hydrogens is 1010 g/mol. The monoisotopic (exact) mass is 1020 g/mol. The Balaban J connectivity index is 1.48. The Morgan fingerprint density at radius 3 is 0.875 bits per heavy atom. The van der Waals surface area contributed by atoms with Gasteiger partial charge in [0, 0.05) is 56.7 Å². The molecular formula is C47H13F19N6. The number of nitrogens with zero attached hydrogens (tertiary/aromatic N) is 4. The van der Waals surface area contributed by atoms with Crippen LogP contribution < -0.4 is 0 Å². The quantitative estimate of drug-likeness (QED) is 0.102. The number of nitrogens with one attached hydrogen (secondary N) is 2. The molecule has 25 heteroatoms. The highest BCUT2D eigenvalue weighted by Crippen LogP contribution is 2.45. The van der Waals surface area contributed by atoms with Gasteiger partial charge >= 0.3 is 0 Å². The van der Waals surface area contributed by atoms with E-state index in [4.69, 9.17) is 0 Å². The minimum Gasteiger partial charge on any atom is -0.354 e. The van der Waals surface area contributed by atoms with Crippen LogP contribution in [0.1, 0.15) is 22.8 Å². The number of aromatic amines is 2. The minimum atomic E-state index is -2.71. The van der Waals surface area contributed by atoms with Crippen molar-refractivity contribution in [2.45, 2.75) is 0 Å². The molecule has 0 radical (unpaired) electrons. The van der Waals surface area contributed by atoms with Gasteiger partial charge in [-0.05, 0) is 54.6 Å². The van der Waals surface area contributed by atoms with E-state index in [0.717, 1.165) is 30.6 Å². The minimum absolute atomic E-state index is 0.372. The first-order chi connectivity index (χ1) is 34.2. The van der Waals surface area contributed by atoms with Crippen LogP contribution in [0.5, 0.6) is 0 Å². The number of rotatable bonds is 5. The lowest BCUT2D eigenvalue weighted by Crippen LogP contribution is -2.09. The molecule has 0 saturated heterocycles. The molecule has 8 bridgehead atoms. The zero-order valence-corrected chi connectivity index (χ0v) is 34.3. The summed E-state index contributed by atoms with van der Waals surface area (Å²) in [6, 6.07) is 3.95. The van der Waals surface area contributed by atoms with E-state index >= 15 is 61.5 Å². The van der Waals surface area contributed by atoms with E-state index in [0.29, 0.717) is 41.1 Å². The second-order valence-corrected chi connectivity index (χ2v) is 15.3. The molecule has 2 aliphatic heterocycles. The Labute approximate surface area is 385 Å². The highest BCUT2D eigenvalue weighted by atomic mass is 19.2. The van der Waals surface area contributed by atoms with E-state index in [1.807, 2.05) is 0 Å². The zero-order valence-electron chi connectivity index (χ0n) is 34.3. The van der Waals surface area contributed by atoms with Crippen molar-refractivity contribution in [1.82, 2.24) is 29.7 Å². The molecule has 10 rings (SSSR count). The van der Waals surface area contributed by atoms with Crippen molar-refractivity contribution in [1.29, 1.82) is 0 Å². The van der Waals surface area contributed by atoms with Gasteiger partial charge in [0.1, 0.15) is 5.69 Å². The number of aromatic nitrogens is 6. The maximum atomic E-state index is 16.6. The second-order valence-electron chi connectivity index (χ2n) is 15.3. The van der Waals surface area contributed by atoms with Crippen LogP contribution in [0.15, 0.2) is 42.7 Å². The van der Waals surface area contributed by atoms with Crippen LogP contribution in [0, 0.1) is 111 Å². The van der Waals surface area contributed by atoms with E-state index in [1.54, 1.807) is 0 Å². The van der Waals surface area contributed by atoms with E-state index < -0.39 is 206 Å². The Hall–Kier alpha value is -8.64. The maximum Gasteiger partial charge on any atom is 0.200 e. The Morgan fingerprint density at radius 2 is 0.556 bits per heavy atom. The lowest BCUT2D eigenvalue weighted by atomic mass is 10.00. The summed E-state index contributed by atoms with van der Waals surface area (Å²) in [4.78, 5) is 12.7. The van der Waals surface area contributed by atoms with Crippen LogP contribution in [-0.2, 0) is 0 Å². The molecule has 364 valence electrons. The van der Waals surface area contributed by atoms with Crippen molar-refractivity contribution in [2.75, 3.05) is 0 Å². The van der Waals surface area contributed by atoms with Gasteiger partial charge in [0.25, 0.3) is 0 Å². The van der Waals surface area contributed by atoms with Crippen molar-refractivity contribution in [2.24, 2.45) is 0 Å². The largest absolute Gasteiger partial charge is 0.354 e. The van der Waals surface area contributed by atoms with Gasteiger partial charge in [-0.2, -0.15) is 5.10 Å². The van der Waals surface area contributed by atoms with Crippen LogP contribution in [-0.4, -0.2) is 29.7 Å². The van der Waals surface area contributed by atoms with Gasteiger partial charge in [-0.3, -0.25) is 0 Å². The Morgan fingerprint density at radius 1 is 0.292 bits per heavy atom. The Bertz CT molecular complexity index is 3700. The van der Waals surface area contributed by atoms with Gasteiger partial charge in [0.05, 0.1) is 45.0 Å². The van der Waals surface area contributed by atoms with Crippen molar-refractivity contribution >= 4 is 46.4 Å². The molecule has 0 aliphatic carbocycles. The SMILES string of the molecule is Fc1c(F)c(F)c(-c2c3nc(c(-c4c(F)c(F)c(F)c(F)c4F)c4ccc([nH]4)c(-c4c(F)c(F)c(-n5cccn5)c(F)c4F)c4ccc([nH]4)c(-c4c(F)c(F)c(F)c(F)c4F)c4nc2C=C4)C=C3)c(F)c1F. The molecule has 4 aromatic heterocycles. The third-order valence-corrected chi connectivity index (χ3v) is 11.4. The number of benzene rings is 4. The van der Waals surface area contributed by atoms with Crippen LogP contribution in [0.3, 0.4) is 0 Å². The van der Waals surface area contributed by atoms with Gasteiger partial charge in [-0.1, -0.05) is 0 Å². The summed E-state index contributed by atoms with van der Waals surface area (Å²) < 4.78 is 294. The lowest BCUT2D eigenvalue weighted by Gasteiger charge is -2.13. The van der Waals surface area contributed by atoms with Crippen LogP contribution in [0.25, 0.3) is 96.6 Å². The van der Waals surface area contributed by atoms with Crippen molar-refractivity contribution in [3.8, 4) is 50.2 Å². The predicted octanol–water partition coefficient (Wildman–Crippen LogP) is 14.2. The summed E-state index contributed by atoms with van der Waals surface area (Å²) in [7, 11) is 0. The topological polar surface area (TPSA) is 75.2 Å². The molecule has 0 fully saturated rings. The fraction of sp³-hybridized carbons (Fsp3) is 0. The van der Waals surface area contributed by atoms with Gasteiger partial charge in [-0.25, -0.2) is 98.1 Å². The molecule has 2 N–H and O–H groups in total. The first-order valence-electron chi connectivity index (χ1n) is 19.7. The average Bonchev–Trinajstić information content (AvgIpc) is 4.24. The maximum absolute atomic E-state index is 16.6. The average molecular weight is 1020 g/mol. The van der Waals surface area contributed by atoms with E-state index in [2.05, 4.69) is 25.0 Å². The molecule has 6 heterocycles. The molecule has 6 nitrogen and oxygen atoms in total. The van der Waals surface area contributed by atoms with E-state index in [9.17, 15) is 22.0 Å². The molecule has 72 heavy (non-hydrogen) atoms. The van der Waals surface area contributed by atoms with Crippen molar-refractivity contribution in [3.63, 3.8) is 0 Å². The molecule has 0 spiro atoms. The summed E-state index contributed by atoms with van der Waals surface area (Å²) in [5.74, 6) is -48.0. The first-order valence-corrected chi connectivity index (χ1v) is 19.7. The third kappa shape index (κ3) is 6.72. The molecule has 0 amide bonds. The molecule has 0 unspecified atom stereocenters. The highest BCUT2D eigenvalue weighted by molar-refractivity contribution is 6.01. The number of hydrogen-bond acceptors (Lipinski definition) is 3. The van der Waals surface area contributed by atoms with Gasteiger partial charge in [-0.15, -0.1) is 0 Å². The van der Waals surface area contributed by atoms with E-state index in [-0.39, 0.29) is 0 Å². The summed E-state index contributed by atoms with van der Waals surface area (Å²) in [5, 5.41) is 3.55. The summed E-state index contributed by atoms with van der Waals surface area (Å²) >= 11 is 0. The molecule has 4 aromatic carbocycles. The summed E-state index contributed by atoms with van der Waals surface area (Å²) in [5.41, 5.74) is -21.0. The zero-order chi connectivity index (χ0) is 51.7. The summed E-state index contributed by atoms with van der Waals surface area (Å²) in [6.45, 7) is 0. The van der Waals surface area contributed by atoms with Gasteiger partial charge in [0.15, 0.2) is 93.1 Å². The molecule has 0 atom stereocenters. The van der Waals surface area contributed by atoms with Crippen LogP contribution in [0.4, 0.5) is 83.4 Å². The van der Waals surface area contributed by atoms with Crippen molar-refractivity contribution in [3.05, 3.63) is 176 Å². The number of hydrogen-bond donors (Lipinski definition) is 2. The highest BCUT2D eigenvalue weighted by Gasteiger charge is 2.35. The molecule has 0 saturated carbocycles. The third-order valence-electron chi connectivity index (χ3n) is 11.4. The normalized spacial score (nSPS) is 12.3. The van der Waals surface area contributed by atoms with Crippen LogP contribution >= 0.6 is 0 Å². The van der Waals surface area contributed by atoms with Gasteiger partial charge in [0.2, 0.25) is 17.5 Å². The molecule has 8 aromatic rings. The van der Waals surface area contributed by atoms with E-state index in [1.165, 1.54) is 0 Å². The Kier molecular flexibility index (Phi) is 11.0. The smallest absolute Gasteiger partial charge is 0.200 e. The molecule has 2 aliphatic rings. The lowest BCUT2D eigenvalue weighted by molar-refractivity contribution is 0.381. The first kappa shape index (κ1) is 47.1. The number of H-pyrrole nitrogens is 2. The standard InChI is InChI=1S/C47H13F19N6/c48-28-24(29(49)37(57)42(62)36(28)56)20-12-2-4-14(68-12)21(25-30(50)38(58)43(63)39(59)31(25)51)16-6-8-18(70-16)23(27-34(54)45(65)47(46(66)35(27)55)72-11-1-10-67-72)19-9-7-17(71-19)22(15-5-3-13(20)69-15)26-32(52)40(60)44(64)41(61)33(26)53/h1-11,70-71H. The fourth-order valence-corrected chi connectivity index (χ4v) is 8.17. The van der Waals surface area contributed by atoms with Crippen molar-refractivity contribution < 1.29 is 83.4 Å². The fourth-order valence-electron chi connectivity index (χ4n) is 8.17. The number of halogens is 19. The second kappa shape index (κ2) is 16.8. The number of fused-ring (bicyclic) bond motifs is 8. The van der Waals surface area contributed by atoms with Gasteiger partial charge < -0.3 is 9.97 Å². The summed E-state index contributed by atoms with van der Waals surface area (Å²) in [6.07, 6.45) is 4.32. The van der Waals surface area contributed by atoms with Crippen LogP contribution in [0.2, 0.25) is 0 Å².